The molecule has 0 bridgehead atoms. The number of carbonyl (C=O) groups is 1. The van der Waals surface area contributed by atoms with Crippen LogP contribution in [0.2, 0.25) is 0 Å². The fourth-order valence-electron chi connectivity index (χ4n) is 4.18. The lowest BCUT2D eigenvalue weighted by Crippen LogP contribution is -2.49. The van der Waals surface area contributed by atoms with Gasteiger partial charge in [0.15, 0.2) is 0 Å². The molecule has 1 saturated heterocycles. The molecule has 3 aromatic rings. The predicted octanol–water partition coefficient (Wildman–Crippen LogP) is 3.24. The van der Waals surface area contributed by atoms with Gasteiger partial charge >= 0.3 is 0 Å². The third-order valence-electron chi connectivity index (χ3n) is 6.17. The van der Waals surface area contributed by atoms with Crippen LogP contribution in [0.15, 0.2) is 70.6 Å². The average molecular weight is 436 g/mol. The molecule has 1 aliphatic heterocycles. The number of benzene rings is 2. The molecule has 5 rings (SSSR count). The Morgan fingerprint density at radius 2 is 1.65 bits per heavy atom. The molecule has 1 saturated carbocycles. The molecule has 1 aromatic heterocycles. The first-order valence-corrected chi connectivity index (χ1v) is 12.2. The minimum absolute atomic E-state index is 0.0400. The van der Waals surface area contributed by atoms with Gasteiger partial charge in [-0.2, -0.15) is 0 Å². The van der Waals surface area contributed by atoms with Crippen LogP contribution < -0.4 is 0 Å². The Hall–Kier alpha value is -2.77. The third-order valence-corrected chi connectivity index (χ3v) is 7.97. The first-order valence-electron chi connectivity index (χ1n) is 10.7. The summed E-state index contributed by atoms with van der Waals surface area (Å²) in [6, 6.07) is 15.0. The summed E-state index contributed by atoms with van der Waals surface area (Å²) in [5, 5.41) is 0.774. The molecule has 31 heavy (non-hydrogen) atoms. The molecular formula is C24H25N3O3S. The van der Waals surface area contributed by atoms with Crippen molar-refractivity contribution in [2.75, 3.05) is 32.7 Å². The zero-order chi connectivity index (χ0) is 21.4. The number of hydrogen-bond donors (Lipinski definition) is 0. The first-order chi connectivity index (χ1) is 15.0. The van der Waals surface area contributed by atoms with Crippen molar-refractivity contribution in [1.29, 1.82) is 0 Å². The van der Waals surface area contributed by atoms with Crippen LogP contribution in [0.5, 0.6) is 0 Å². The number of aromatic nitrogens is 1. The van der Waals surface area contributed by atoms with Gasteiger partial charge in [0, 0.05) is 49.9 Å². The summed E-state index contributed by atoms with van der Waals surface area (Å²) in [5.74, 6) is 0.815. The molecule has 2 heterocycles. The zero-order valence-corrected chi connectivity index (χ0v) is 18.1. The summed E-state index contributed by atoms with van der Waals surface area (Å²) in [6.45, 7) is 4.39. The Morgan fingerprint density at radius 3 is 2.35 bits per heavy atom. The fourth-order valence-corrected chi connectivity index (χ4v) is 5.61. The van der Waals surface area contributed by atoms with Gasteiger partial charge in [-0.05, 0) is 55.2 Å². The Kier molecular flexibility index (Phi) is 5.24. The summed E-state index contributed by atoms with van der Waals surface area (Å²) in [7, 11) is -3.74. The highest BCUT2D eigenvalue weighted by Gasteiger charge is 2.28. The second kappa shape index (κ2) is 8.05. The standard InChI is InChI=1S/C24H25N3O3S/c28-24(27-15-13-26(14-16-27)17-18-6-7-18)20-8-10-21(11-9-20)31(29,30)22-5-1-3-19-4-2-12-25-23(19)22/h1-5,8-12,18H,6-7,13-17H2. The van der Waals surface area contributed by atoms with Crippen LogP contribution in [0.3, 0.4) is 0 Å². The highest BCUT2D eigenvalue weighted by molar-refractivity contribution is 7.91. The molecule has 6 nitrogen and oxygen atoms in total. The number of fused-ring (bicyclic) bond motifs is 1. The van der Waals surface area contributed by atoms with E-state index in [-0.39, 0.29) is 15.7 Å². The molecule has 2 fully saturated rings. The van der Waals surface area contributed by atoms with Gasteiger partial charge in [-0.25, -0.2) is 8.42 Å². The van der Waals surface area contributed by atoms with E-state index in [9.17, 15) is 13.2 Å². The molecule has 1 aliphatic carbocycles. The lowest BCUT2D eigenvalue weighted by molar-refractivity contribution is 0.0632. The number of sulfone groups is 1. The monoisotopic (exact) mass is 435 g/mol. The number of para-hydroxylation sites is 1. The maximum absolute atomic E-state index is 13.2. The van der Waals surface area contributed by atoms with E-state index in [0.717, 1.165) is 30.9 Å². The van der Waals surface area contributed by atoms with E-state index in [0.29, 0.717) is 24.2 Å². The Bertz CT molecular complexity index is 1210. The number of hydrogen-bond acceptors (Lipinski definition) is 5. The van der Waals surface area contributed by atoms with Crippen molar-refractivity contribution in [2.45, 2.75) is 22.6 Å². The number of amides is 1. The quantitative estimate of drug-likeness (QED) is 0.615. The largest absolute Gasteiger partial charge is 0.336 e. The van der Waals surface area contributed by atoms with E-state index >= 15 is 0 Å². The predicted molar refractivity (Wildman–Crippen MR) is 119 cm³/mol. The van der Waals surface area contributed by atoms with Crippen molar-refractivity contribution in [1.82, 2.24) is 14.8 Å². The van der Waals surface area contributed by atoms with Gasteiger partial charge in [-0.15, -0.1) is 0 Å². The SMILES string of the molecule is O=C(c1ccc(S(=O)(=O)c2cccc3cccnc23)cc1)N1CCN(CC2CC2)CC1. The van der Waals surface area contributed by atoms with Crippen LogP contribution in [-0.2, 0) is 9.84 Å². The molecule has 0 atom stereocenters. The third kappa shape index (κ3) is 4.07. The van der Waals surface area contributed by atoms with Crippen LogP contribution in [0.1, 0.15) is 23.2 Å². The Morgan fingerprint density at radius 1 is 0.935 bits per heavy atom. The van der Waals surface area contributed by atoms with Crippen LogP contribution in [0.4, 0.5) is 0 Å². The van der Waals surface area contributed by atoms with Crippen LogP contribution in [-0.4, -0.2) is 61.8 Å². The van der Waals surface area contributed by atoms with Gasteiger partial charge in [-0.1, -0.05) is 18.2 Å². The summed E-state index contributed by atoms with van der Waals surface area (Å²) < 4.78 is 26.4. The highest BCUT2D eigenvalue weighted by atomic mass is 32.2. The van der Waals surface area contributed by atoms with Crippen molar-refractivity contribution in [3.05, 3.63) is 66.4 Å². The molecule has 2 aliphatic rings. The van der Waals surface area contributed by atoms with E-state index in [1.54, 1.807) is 36.5 Å². The average Bonchev–Trinajstić information content (AvgIpc) is 3.63. The van der Waals surface area contributed by atoms with E-state index in [1.807, 2.05) is 17.0 Å². The second-order valence-electron chi connectivity index (χ2n) is 8.40. The topological polar surface area (TPSA) is 70.6 Å². The molecule has 1 amide bonds. The number of pyridine rings is 1. The Balaban J connectivity index is 1.33. The Labute approximate surface area is 182 Å². The van der Waals surface area contributed by atoms with Crippen LogP contribution >= 0.6 is 0 Å². The normalized spacial score (nSPS) is 17.7. The maximum atomic E-state index is 13.2. The molecule has 160 valence electrons. The van der Waals surface area contributed by atoms with Gasteiger partial charge in [-0.3, -0.25) is 14.7 Å². The summed E-state index contributed by atoms with van der Waals surface area (Å²) in [5.41, 5.74) is 0.972. The van der Waals surface area contributed by atoms with Crippen molar-refractivity contribution in [3.8, 4) is 0 Å². The van der Waals surface area contributed by atoms with E-state index in [2.05, 4.69) is 9.88 Å². The molecule has 0 spiro atoms. The van der Waals surface area contributed by atoms with Gasteiger partial charge in [0.2, 0.25) is 9.84 Å². The number of rotatable bonds is 5. The molecule has 0 N–H and O–H groups in total. The second-order valence-corrected chi connectivity index (χ2v) is 10.3. The number of nitrogens with zero attached hydrogens (tertiary/aromatic N) is 3. The van der Waals surface area contributed by atoms with Crippen LogP contribution in [0.25, 0.3) is 10.9 Å². The van der Waals surface area contributed by atoms with Crippen molar-refractivity contribution in [2.24, 2.45) is 5.92 Å². The number of carbonyl (C=O) groups excluding carboxylic acids is 1. The minimum Gasteiger partial charge on any atom is -0.336 e. The minimum atomic E-state index is -3.74. The zero-order valence-electron chi connectivity index (χ0n) is 17.3. The van der Waals surface area contributed by atoms with Crippen molar-refractivity contribution < 1.29 is 13.2 Å². The van der Waals surface area contributed by atoms with Crippen molar-refractivity contribution >= 4 is 26.6 Å². The molecular weight excluding hydrogens is 410 g/mol. The number of piperazine rings is 1. The summed E-state index contributed by atoms with van der Waals surface area (Å²) in [6.07, 6.45) is 4.26. The lowest BCUT2D eigenvalue weighted by Gasteiger charge is -2.34. The van der Waals surface area contributed by atoms with Gasteiger partial charge in [0.25, 0.3) is 5.91 Å². The maximum Gasteiger partial charge on any atom is 0.253 e. The van der Waals surface area contributed by atoms with E-state index in [4.69, 9.17) is 0 Å². The smallest absolute Gasteiger partial charge is 0.253 e. The molecule has 2 aromatic carbocycles. The van der Waals surface area contributed by atoms with Crippen LogP contribution in [0, 0.1) is 5.92 Å². The fraction of sp³-hybridized carbons (Fsp3) is 0.333. The lowest BCUT2D eigenvalue weighted by atomic mass is 10.2. The van der Waals surface area contributed by atoms with Gasteiger partial charge in [0.05, 0.1) is 15.3 Å². The molecule has 0 radical (unpaired) electrons. The van der Waals surface area contributed by atoms with Gasteiger partial charge in [0.1, 0.15) is 0 Å². The molecule has 0 unspecified atom stereocenters. The van der Waals surface area contributed by atoms with E-state index < -0.39 is 9.84 Å². The van der Waals surface area contributed by atoms with E-state index in [1.165, 1.54) is 25.0 Å². The first kappa shape index (κ1) is 20.2. The summed E-state index contributed by atoms with van der Waals surface area (Å²) >= 11 is 0. The molecule has 7 heteroatoms. The highest BCUT2D eigenvalue weighted by Crippen LogP contribution is 2.30. The van der Waals surface area contributed by atoms with Crippen molar-refractivity contribution in [3.63, 3.8) is 0 Å². The van der Waals surface area contributed by atoms with Gasteiger partial charge < -0.3 is 4.90 Å². The summed E-state index contributed by atoms with van der Waals surface area (Å²) in [4.78, 5) is 21.8.